The van der Waals surface area contributed by atoms with Crippen molar-refractivity contribution in [1.29, 1.82) is 0 Å². The number of piperidine rings is 2. The molecule has 1 unspecified atom stereocenters. The largest absolute Gasteiger partial charge is 0.391 e. The molecular formula is C56H70ClN9O9S2. The molecule has 0 aliphatic carbocycles. The maximum absolute atomic E-state index is 14.3. The fraction of sp³-hybridized carbons (Fsp3) is 0.518. The van der Waals surface area contributed by atoms with Gasteiger partial charge in [0.1, 0.15) is 12.1 Å². The standard InChI is InChI=1S/C56H70ClN9O9S2/c1-32(35-7-9-36(10-8-35)49-33(2)59-31-76-49)60-54(72)47-27-43(67)29-65(47)55(73)50(56(3,4)5)63-52(70)38-13-11-37(12-14-38)51(69)58-19-6-20-64-21-17-34(18-22-64)30-77(74,75)66-41-15-16-42(66)26-40(25-41)61-53(71)44-23-39-24-48(68)62-46(39)28-45(44)57/h7-14,23,28,31-32,34,40-43,47,50,67H,6,15-22,24-27,29-30H2,1-5H3,(H,58,69)(H,60,72)(H,61,71)(H,62,68)(H,63,70)/t32-,40?,41-,42+,43+,47-,50+/m0/s1. The summed E-state index contributed by atoms with van der Waals surface area (Å²) in [5, 5.41) is 25.7. The third-order valence-electron chi connectivity index (χ3n) is 15.9. The number of aryl methyl sites for hydroxylation is 1. The van der Waals surface area contributed by atoms with Crippen LogP contribution in [0.25, 0.3) is 10.4 Å². The number of benzene rings is 3. The zero-order chi connectivity index (χ0) is 54.9. The lowest BCUT2D eigenvalue weighted by Crippen LogP contribution is -2.57. The molecule has 21 heteroatoms. The average molecular weight is 1110 g/mol. The summed E-state index contributed by atoms with van der Waals surface area (Å²) >= 11 is 7.98. The summed E-state index contributed by atoms with van der Waals surface area (Å²) in [5.74, 6) is -2.02. The molecule has 0 radical (unpaired) electrons. The summed E-state index contributed by atoms with van der Waals surface area (Å²) in [4.78, 5) is 89.1. The zero-order valence-corrected chi connectivity index (χ0v) is 46.7. The summed E-state index contributed by atoms with van der Waals surface area (Å²) < 4.78 is 29.6. The van der Waals surface area contributed by atoms with Gasteiger partial charge in [-0.15, -0.1) is 11.3 Å². The molecule has 5 aliphatic rings. The van der Waals surface area contributed by atoms with Gasteiger partial charge in [0.05, 0.1) is 51.0 Å². The van der Waals surface area contributed by atoms with Crippen LogP contribution < -0.4 is 26.6 Å². The Morgan fingerprint density at radius 3 is 2.19 bits per heavy atom. The molecule has 1 aromatic heterocycles. The average Bonchev–Trinajstić information content (AvgIpc) is 4.24. The predicted octanol–water partition coefficient (Wildman–Crippen LogP) is 5.84. The van der Waals surface area contributed by atoms with E-state index >= 15 is 0 Å². The van der Waals surface area contributed by atoms with E-state index in [0.29, 0.717) is 42.6 Å². The first-order valence-corrected chi connectivity index (χ1v) is 29.6. The molecule has 9 rings (SSSR count). The molecule has 0 saturated carbocycles. The lowest BCUT2D eigenvalue weighted by atomic mass is 9.85. The molecule has 412 valence electrons. The Morgan fingerprint density at radius 1 is 0.896 bits per heavy atom. The molecular weight excluding hydrogens is 1040 g/mol. The topological polar surface area (TPSA) is 240 Å². The number of amides is 6. The van der Waals surface area contributed by atoms with E-state index in [1.54, 1.807) is 45.4 Å². The van der Waals surface area contributed by atoms with Gasteiger partial charge in [0.2, 0.25) is 27.7 Å². The van der Waals surface area contributed by atoms with Crippen molar-refractivity contribution in [2.24, 2.45) is 11.3 Å². The van der Waals surface area contributed by atoms with E-state index < -0.39 is 51.3 Å². The summed E-state index contributed by atoms with van der Waals surface area (Å²) in [6.45, 7) is 11.9. The first kappa shape index (κ1) is 56.0. The highest BCUT2D eigenvalue weighted by Gasteiger charge is 2.48. The van der Waals surface area contributed by atoms with Crippen LogP contribution in [-0.4, -0.2) is 143 Å². The quantitative estimate of drug-likeness (QED) is 0.0687. The summed E-state index contributed by atoms with van der Waals surface area (Å²) in [5.41, 5.74) is 6.17. The Hall–Kier alpha value is -5.77. The number of aliphatic hydroxyl groups excluding tert-OH is 1. The van der Waals surface area contributed by atoms with Gasteiger partial charge >= 0.3 is 0 Å². The van der Waals surface area contributed by atoms with Crippen molar-refractivity contribution in [3.8, 4) is 10.4 Å². The normalized spacial score (nSPS) is 22.7. The molecule has 4 saturated heterocycles. The van der Waals surface area contributed by atoms with Crippen molar-refractivity contribution in [1.82, 2.24) is 40.4 Å². The van der Waals surface area contributed by atoms with E-state index in [-0.39, 0.29) is 83.5 Å². The highest BCUT2D eigenvalue weighted by Crippen LogP contribution is 2.40. The minimum Gasteiger partial charge on any atom is -0.391 e. The maximum Gasteiger partial charge on any atom is 0.253 e. The number of likely N-dealkylation sites (tertiary alicyclic amines) is 2. The van der Waals surface area contributed by atoms with Crippen LogP contribution in [0.1, 0.15) is 133 Å². The Morgan fingerprint density at radius 2 is 1.56 bits per heavy atom. The lowest BCUT2D eigenvalue weighted by Gasteiger charge is -2.39. The van der Waals surface area contributed by atoms with E-state index in [2.05, 4.69) is 36.5 Å². The molecule has 5 aliphatic heterocycles. The third-order valence-corrected chi connectivity index (χ3v) is 19.3. The van der Waals surface area contributed by atoms with Gasteiger partial charge in [0.25, 0.3) is 17.7 Å². The number of rotatable bonds is 17. The number of nitrogens with one attached hydrogen (secondary N) is 5. The van der Waals surface area contributed by atoms with Crippen molar-refractivity contribution in [3.05, 3.63) is 105 Å². The summed E-state index contributed by atoms with van der Waals surface area (Å²) in [7, 11) is -3.53. The number of aromatic nitrogens is 1. The molecule has 4 fully saturated rings. The minimum atomic E-state index is -3.53. The molecule has 0 spiro atoms. The maximum atomic E-state index is 14.3. The summed E-state index contributed by atoms with van der Waals surface area (Å²) in [6.07, 6.45) is 4.12. The molecule has 6 heterocycles. The number of thiazole rings is 1. The molecule has 3 aromatic carbocycles. The number of fused-ring (bicyclic) bond motifs is 3. The Balaban J connectivity index is 0.692. The molecule has 77 heavy (non-hydrogen) atoms. The van der Waals surface area contributed by atoms with Crippen LogP contribution in [0.3, 0.4) is 0 Å². The van der Waals surface area contributed by atoms with Crippen LogP contribution in [0.15, 0.2) is 66.2 Å². The van der Waals surface area contributed by atoms with E-state index in [0.717, 1.165) is 72.6 Å². The number of anilines is 1. The van der Waals surface area contributed by atoms with Gasteiger partial charge in [-0.3, -0.25) is 28.8 Å². The van der Waals surface area contributed by atoms with Gasteiger partial charge < -0.3 is 41.5 Å². The van der Waals surface area contributed by atoms with E-state index in [4.69, 9.17) is 11.6 Å². The Kier molecular flexibility index (Phi) is 16.9. The second-order valence-corrected chi connectivity index (χ2v) is 25.8. The van der Waals surface area contributed by atoms with Crippen LogP contribution in [0.4, 0.5) is 5.69 Å². The second kappa shape index (κ2) is 23.3. The fourth-order valence-corrected chi connectivity index (χ4v) is 15.2. The SMILES string of the molecule is Cc1ncsc1-c1ccc([C@H](C)NC(=O)[C@@H]2C[C@@H](O)CN2C(=O)[C@@H](NC(=O)c2ccc(C(=O)NCCCN3CCC(CS(=O)(=O)N4[C@@H]5CC[C@H]4CC(NC(=O)c4cc6c(cc4Cl)NC(=O)C6)C5)CC3)cc2)C(C)(C)C)cc1. The fourth-order valence-electron chi connectivity index (χ4n) is 11.8. The van der Waals surface area contributed by atoms with E-state index in [9.17, 15) is 42.3 Å². The Labute approximate surface area is 459 Å². The van der Waals surface area contributed by atoms with E-state index in [1.165, 1.54) is 17.0 Å². The molecule has 2 bridgehead atoms. The van der Waals surface area contributed by atoms with Crippen molar-refractivity contribution in [3.63, 3.8) is 0 Å². The van der Waals surface area contributed by atoms with Gasteiger partial charge in [-0.2, -0.15) is 4.31 Å². The number of hydrogen-bond donors (Lipinski definition) is 6. The van der Waals surface area contributed by atoms with Crippen molar-refractivity contribution < 1.29 is 42.3 Å². The number of halogens is 1. The monoisotopic (exact) mass is 1110 g/mol. The number of carbonyl (C=O) groups is 6. The number of aliphatic hydroxyl groups is 1. The minimum absolute atomic E-state index is 0.0371. The second-order valence-electron chi connectivity index (χ2n) is 22.6. The van der Waals surface area contributed by atoms with Crippen molar-refractivity contribution >= 4 is 74.1 Å². The van der Waals surface area contributed by atoms with Crippen LogP contribution >= 0.6 is 22.9 Å². The number of sulfonamides is 1. The number of hydrogen-bond acceptors (Lipinski definition) is 12. The first-order chi connectivity index (χ1) is 36.6. The van der Waals surface area contributed by atoms with Gasteiger partial charge in [-0.25, -0.2) is 13.4 Å². The molecule has 6 amide bonds. The van der Waals surface area contributed by atoms with Gasteiger partial charge in [0.15, 0.2) is 0 Å². The molecule has 18 nitrogen and oxygen atoms in total. The third kappa shape index (κ3) is 12.9. The zero-order valence-electron chi connectivity index (χ0n) is 44.3. The van der Waals surface area contributed by atoms with Crippen LogP contribution in [-0.2, 0) is 30.8 Å². The highest BCUT2D eigenvalue weighted by atomic mass is 35.5. The molecule has 7 atom stereocenters. The number of carbonyl (C=O) groups excluding carboxylic acids is 6. The first-order valence-electron chi connectivity index (χ1n) is 26.8. The van der Waals surface area contributed by atoms with Crippen LogP contribution in [0.2, 0.25) is 5.02 Å². The Bertz CT molecular complexity index is 2980. The van der Waals surface area contributed by atoms with Gasteiger partial charge in [-0.1, -0.05) is 56.6 Å². The van der Waals surface area contributed by atoms with Crippen molar-refractivity contribution in [2.75, 3.05) is 43.8 Å². The van der Waals surface area contributed by atoms with Gasteiger partial charge in [0, 0.05) is 54.5 Å². The molecule has 4 aromatic rings. The predicted molar refractivity (Wildman–Crippen MR) is 295 cm³/mol. The number of nitrogens with zero attached hydrogens (tertiary/aromatic N) is 4. The highest BCUT2D eigenvalue weighted by molar-refractivity contribution is 7.89. The summed E-state index contributed by atoms with van der Waals surface area (Å²) in [6, 6.07) is 14.4. The van der Waals surface area contributed by atoms with Gasteiger partial charge in [-0.05, 0) is 143 Å². The molecule has 6 N–H and O–H groups in total. The van der Waals surface area contributed by atoms with Crippen molar-refractivity contribution in [2.45, 2.75) is 135 Å². The smallest absolute Gasteiger partial charge is 0.253 e. The lowest BCUT2D eigenvalue weighted by molar-refractivity contribution is -0.142. The number of β-amino-alcohol motifs (C(OH)–C–C–N with tert-alkyl or cyclic N) is 1. The van der Waals surface area contributed by atoms with Crippen LogP contribution in [0.5, 0.6) is 0 Å². The van der Waals surface area contributed by atoms with E-state index in [1.807, 2.05) is 58.9 Å². The van der Waals surface area contributed by atoms with Crippen LogP contribution in [0, 0.1) is 18.3 Å².